The van der Waals surface area contributed by atoms with Gasteiger partial charge < -0.3 is 13.4 Å². The molecule has 10 aromatic carbocycles. The molecule has 0 saturated carbocycles. The molecular formula is C63H38N6O2. The summed E-state index contributed by atoms with van der Waals surface area (Å²) in [5.74, 6) is 2.77. The van der Waals surface area contributed by atoms with Gasteiger partial charge >= 0.3 is 0 Å². The Balaban J connectivity index is 0.837. The van der Waals surface area contributed by atoms with Crippen LogP contribution in [0.15, 0.2) is 239 Å². The molecule has 0 unspecified atom stereocenters. The summed E-state index contributed by atoms with van der Waals surface area (Å²) >= 11 is 0. The molecule has 8 heteroatoms. The Morgan fingerprint density at radius 3 is 1.32 bits per heavy atom. The van der Waals surface area contributed by atoms with Gasteiger partial charge in [-0.3, -0.25) is 0 Å². The summed E-state index contributed by atoms with van der Waals surface area (Å²) in [6.07, 6.45) is 0. The third-order valence-electron chi connectivity index (χ3n) is 13.4. The molecule has 0 fully saturated rings. The van der Waals surface area contributed by atoms with E-state index in [-0.39, 0.29) is 0 Å². The number of nitrogens with zero attached hydrogens (tertiary/aromatic N) is 6. The predicted octanol–water partition coefficient (Wildman–Crippen LogP) is 16.1. The van der Waals surface area contributed by atoms with Crippen molar-refractivity contribution in [3.63, 3.8) is 0 Å². The molecule has 0 spiro atoms. The SMILES string of the molecule is c1ccc(-c2ccc(-n3c4ccc(-c5ccc(-c6nc(-c7ccc(-c8nc9ccccc9o8)cc7)nc(-c7ccc(-c8nc9ccccc9o8)cc7)n6)cc5)cc4c4ccc5ccccc5c43)cc2)cc1. The van der Waals surface area contributed by atoms with E-state index in [4.69, 9.17) is 33.8 Å². The first-order valence-corrected chi connectivity index (χ1v) is 23.6. The van der Waals surface area contributed by atoms with Crippen LogP contribution in [0.5, 0.6) is 0 Å². The summed E-state index contributed by atoms with van der Waals surface area (Å²) in [7, 11) is 0. The van der Waals surface area contributed by atoms with Gasteiger partial charge in [-0.05, 0) is 100 Å². The maximum Gasteiger partial charge on any atom is 0.227 e. The van der Waals surface area contributed by atoms with Crippen LogP contribution in [0.2, 0.25) is 0 Å². The third-order valence-corrected chi connectivity index (χ3v) is 13.4. The number of oxazole rings is 2. The zero-order chi connectivity index (χ0) is 46.8. The smallest absolute Gasteiger partial charge is 0.227 e. The van der Waals surface area contributed by atoms with Gasteiger partial charge in [-0.25, -0.2) is 24.9 Å². The van der Waals surface area contributed by atoms with E-state index < -0.39 is 0 Å². The van der Waals surface area contributed by atoms with Crippen molar-refractivity contribution in [3.8, 4) is 85.0 Å². The standard InChI is InChI=1S/C63H38N6O2/c1-2-10-39(11-3-1)40-30-34-49(35-31-40)69-55-37-33-48(38-52(55)51-36-32-42-12-4-5-13-50(42)58(51)69)41-18-20-43(21-19-41)59-66-60(44-22-26-46(27-23-44)62-64-53-14-6-8-16-56(53)70-62)68-61(67-59)45-24-28-47(29-25-45)63-65-54-15-7-9-17-57(54)71-63/h1-38H. The molecule has 0 saturated heterocycles. The van der Waals surface area contributed by atoms with Gasteiger partial charge in [0.2, 0.25) is 11.8 Å². The molecule has 0 amide bonds. The van der Waals surface area contributed by atoms with Crippen molar-refractivity contribution in [2.75, 3.05) is 0 Å². The van der Waals surface area contributed by atoms with Gasteiger partial charge in [-0.2, -0.15) is 0 Å². The molecule has 0 radical (unpaired) electrons. The highest BCUT2D eigenvalue weighted by atomic mass is 16.4. The lowest BCUT2D eigenvalue weighted by Gasteiger charge is -2.11. The Bertz CT molecular complexity index is 4110. The number of hydrogen-bond donors (Lipinski definition) is 0. The lowest BCUT2D eigenvalue weighted by Crippen LogP contribution is -2.00. The largest absolute Gasteiger partial charge is 0.436 e. The third kappa shape index (κ3) is 7.13. The van der Waals surface area contributed by atoms with Crippen LogP contribution in [0.3, 0.4) is 0 Å². The second-order valence-electron chi connectivity index (χ2n) is 17.7. The van der Waals surface area contributed by atoms with Gasteiger partial charge in [-0.15, -0.1) is 0 Å². The van der Waals surface area contributed by atoms with Crippen LogP contribution < -0.4 is 0 Å². The Hall–Kier alpha value is -9.79. The molecule has 0 aliphatic carbocycles. The molecule has 0 aliphatic rings. The lowest BCUT2D eigenvalue weighted by atomic mass is 10.0. The lowest BCUT2D eigenvalue weighted by molar-refractivity contribution is 0.619. The van der Waals surface area contributed by atoms with Crippen LogP contribution in [0.25, 0.3) is 140 Å². The van der Waals surface area contributed by atoms with E-state index in [1.54, 1.807) is 0 Å². The van der Waals surface area contributed by atoms with Crippen molar-refractivity contribution in [1.29, 1.82) is 0 Å². The second-order valence-corrected chi connectivity index (χ2v) is 17.7. The summed E-state index contributed by atoms with van der Waals surface area (Å²) in [6.45, 7) is 0. The molecule has 14 rings (SSSR count). The van der Waals surface area contributed by atoms with E-state index >= 15 is 0 Å². The molecule has 71 heavy (non-hydrogen) atoms. The highest BCUT2D eigenvalue weighted by molar-refractivity contribution is 6.19. The zero-order valence-corrected chi connectivity index (χ0v) is 37.9. The van der Waals surface area contributed by atoms with Crippen LogP contribution in [0, 0.1) is 0 Å². The molecule has 0 N–H and O–H groups in total. The first-order valence-electron chi connectivity index (χ1n) is 23.6. The highest BCUT2D eigenvalue weighted by Crippen LogP contribution is 2.40. The van der Waals surface area contributed by atoms with Crippen molar-refractivity contribution < 1.29 is 8.83 Å². The Morgan fingerprint density at radius 1 is 0.296 bits per heavy atom. The number of fused-ring (bicyclic) bond motifs is 7. The molecule has 0 bridgehead atoms. The van der Waals surface area contributed by atoms with E-state index in [0.29, 0.717) is 29.3 Å². The Labute approximate surface area is 406 Å². The molecular weight excluding hydrogens is 873 g/mol. The Kier molecular flexibility index (Phi) is 9.35. The number of benzene rings is 10. The fourth-order valence-electron chi connectivity index (χ4n) is 9.75. The molecule has 0 aliphatic heterocycles. The van der Waals surface area contributed by atoms with E-state index in [2.05, 4.69) is 138 Å². The summed E-state index contributed by atoms with van der Waals surface area (Å²) in [5.41, 5.74) is 15.4. The normalized spacial score (nSPS) is 11.7. The molecule has 332 valence electrons. The van der Waals surface area contributed by atoms with E-state index in [9.17, 15) is 0 Å². The van der Waals surface area contributed by atoms with Crippen molar-refractivity contribution in [2.45, 2.75) is 0 Å². The van der Waals surface area contributed by atoms with Gasteiger partial charge in [0.15, 0.2) is 28.6 Å². The van der Waals surface area contributed by atoms with Crippen LogP contribution in [0.1, 0.15) is 0 Å². The van der Waals surface area contributed by atoms with Gasteiger partial charge in [0.1, 0.15) is 11.0 Å². The summed E-state index contributed by atoms with van der Waals surface area (Å²) in [5, 5.41) is 4.82. The minimum absolute atomic E-state index is 0.547. The molecule has 14 aromatic rings. The molecule has 8 nitrogen and oxygen atoms in total. The first-order chi connectivity index (χ1) is 35.1. The number of hydrogen-bond acceptors (Lipinski definition) is 7. The fraction of sp³-hybridized carbons (Fsp3) is 0. The molecule has 4 aromatic heterocycles. The van der Waals surface area contributed by atoms with Crippen LogP contribution in [-0.2, 0) is 0 Å². The number of rotatable bonds is 8. The van der Waals surface area contributed by atoms with Crippen LogP contribution in [-0.4, -0.2) is 29.5 Å². The van der Waals surface area contributed by atoms with Crippen LogP contribution in [0.4, 0.5) is 0 Å². The topological polar surface area (TPSA) is 95.7 Å². The van der Waals surface area contributed by atoms with Gasteiger partial charge in [0, 0.05) is 49.7 Å². The van der Waals surface area contributed by atoms with Crippen molar-refractivity contribution in [3.05, 3.63) is 231 Å². The molecule has 4 heterocycles. The van der Waals surface area contributed by atoms with Gasteiger partial charge in [0.25, 0.3) is 0 Å². The maximum atomic E-state index is 6.08. The zero-order valence-electron chi connectivity index (χ0n) is 37.9. The predicted molar refractivity (Wildman–Crippen MR) is 285 cm³/mol. The highest BCUT2D eigenvalue weighted by Gasteiger charge is 2.19. The van der Waals surface area contributed by atoms with Crippen molar-refractivity contribution in [1.82, 2.24) is 29.5 Å². The van der Waals surface area contributed by atoms with Crippen molar-refractivity contribution in [2.24, 2.45) is 0 Å². The minimum atomic E-state index is 0.547. The summed E-state index contributed by atoms with van der Waals surface area (Å²) < 4.78 is 14.6. The van der Waals surface area contributed by atoms with Gasteiger partial charge in [0.05, 0.1) is 11.0 Å². The second kappa shape index (κ2) is 16.5. The Morgan fingerprint density at radius 2 is 0.746 bits per heavy atom. The average Bonchev–Trinajstić information content (AvgIpc) is 4.18. The number of para-hydroxylation sites is 4. The van der Waals surface area contributed by atoms with E-state index in [0.717, 1.165) is 72.3 Å². The summed E-state index contributed by atoms with van der Waals surface area (Å²) in [4.78, 5) is 24.7. The summed E-state index contributed by atoms with van der Waals surface area (Å²) in [6, 6.07) is 79.4. The van der Waals surface area contributed by atoms with Crippen molar-refractivity contribution >= 4 is 54.8 Å². The number of aromatic nitrogens is 6. The fourth-order valence-corrected chi connectivity index (χ4v) is 9.75. The van der Waals surface area contributed by atoms with Gasteiger partial charge in [-0.1, -0.05) is 158 Å². The average molecular weight is 911 g/mol. The minimum Gasteiger partial charge on any atom is -0.436 e. The molecule has 0 atom stereocenters. The monoisotopic (exact) mass is 910 g/mol. The van der Waals surface area contributed by atoms with E-state index in [1.165, 1.54) is 38.2 Å². The van der Waals surface area contributed by atoms with Crippen LogP contribution >= 0.6 is 0 Å². The quantitative estimate of drug-likeness (QED) is 0.150. The maximum absolute atomic E-state index is 6.08. The first kappa shape index (κ1) is 40.3. The van der Waals surface area contributed by atoms with E-state index in [1.807, 2.05) is 97.1 Å².